The van der Waals surface area contributed by atoms with Gasteiger partial charge in [-0.2, -0.15) is 0 Å². The minimum atomic E-state index is 0.918. The van der Waals surface area contributed by atoms with Crippen LogP contribution in [0.3, 0.4) is 0 Å². The van der Waals surface area contributed by atoms with Crippen molar-refractivity contribution >= 4 is 17.0 Å². The summed E-state index contributed by atoms with van der Waals surface area (Å²) in [6, 6.07) is 4.27. The van der Waals surface area contributed by atoms with Crippen LogP contribution < -0.4 is 10.1 Å². The standard InChI is InChI=1S/C15H20N2O/c1-4-5-11-6-7-13-12(8-9-16-2)10-17-14(13)15(11)18-3/h4-7,10,16-17H,8-9H2,1-3H3. The van der Waals surface area contributed by atoms with Crippen molar-refractivity contribution in [3.05, 3.63) is 35.5 Å². The van der Waals surface area contributed by atoms with Crippen LogP contribution in [0.2, 0.25) is 0 Å². The van der Waals surface area contributed by atoms with E-state index in [2.05, 4.69) is 34.7 Å². The fraction of sp³-hybridized carbons (Fsp3) is 0.333. The van der Waals surface area contributed by atoms with Gasteiger partial charge in [0, 0.05) is 17.1 Å². The van der Waals surface area contributed by atoms with E-state index in [1.165, 1.54) is 10.9 Å². The molecule has 0 amide bonds. The molecule has 18 heavy (non-hydrogen) atoms. The molecule has 1 heterocycles. The minimum absolute atomic E-state index is 0.918. The van der Waals surface area contributed by atoms with Gasteiger partial charge in [-0.25, -0.2) is 0 Å². The molecule has 2 N–H and O–H groups in total. The predicted molar refractivity (Wildman–Crippen MR) is 77.2 cm³/mol. The summed E-state index contributed by atoms with van der Waals surface area (Å²) in [6.45, 7) is 2.99. The molecule has 0 saturated heterocycles. The van der Waals surface area contributed by atoms with Crippen LogP contribution in [0.25, 0.3) is 17.0 Å². The summed E-state index contributed by atoms with van der Waals surface area (Å²) in [5.41, 5.74) is 3.51. The molecule has 0 bridgehead atoms. The van der Waals surface area contributed by atoms with Gasteiger partial charge in [-0.1, -0.05) is 24.3 Å². The van der Waals surface area contributed by atoms with Crippen molar-refractivity contribution in [2.45, 2.75) is 13.3 Å². The molecule has 0 aliphatic heterocycles. The van der Waals surface area contributed by atoms with E-state index in [0.29, 0.717) is 0 Å². The smallest absolute Gasteiger partial charge is 0.150 e. The minimum Gasteiger partial charge on any atom is -0.494 e. The molecule has 1 aromatic heterocycles. The topological polar surface area (TPSA) is 37.0 Å². The van der Waals surface area contributed by atoms with Crippen LogP contribution in [0.5, 0.6) is 5.75 Å². The first-order valence-electron chi connectivity index (χ1n) is 6.26. The van der Waals surface area contributed by atoms with E-state index in [1.54, 1.807) is 7.11 Å². The van der Waals surface area contributed by atoms with Crippen LogP contribution in [-0.4, -0.2) is 25.7 Å². The van der Waals surface area contributed by atoms with E-state index in [4.69, 9.17) is 4.74 Å². The average Bonchev–Trinajstić information content (AvgIpc) is 2.79. The van der Waals surface area contributed by atoms with Crippen molar-refractivity contribution in [1.29, 1.82) is 0 Å². The SMILES string of the molecule is CC=Cc1ccc2c(CCNC)c[nH]c2c1OC. The number of nitrogens with one attached hydrogen (secondary N) is 2. The molecule has 0 spiro atoms. The summed E-state index contributed by atoms with van der Waals surface area (Å²) in [4.78, 5) is 3.33. The van der Waals surface area contributed by atoms with E-state index in [1.807, 2.05) is 20.0 Å². The lowest BCUT2D eigenvalue weighted by molar-refractivity contribution is 0.418. The van der Waals surface area contributed by atoms with Gasteiger partial charge in [-0.3, -0.25) is 0 Å². The van der Waals surface area contributed by atoms with Crippen molar-refractivity contribution < 1.29 is 4.74 Å². The highest BCUT2D eigenvalue weighted by Gasteiger charge is 2.10. The number of hydrogen-bond donors (Lipinski definition) is 2. The number of methoxy groups -OCH3 is 1. The number of ether oxygens (including phenoxy) is 1. The maximum absolute atomic E-state index is 5.53. The lowest BCUT2D eigenvalue weighted by atomic mass is 10.1. The lowest BCUT2D eigenvalue weighted by Crippen LogP contribution is -2.09. The third-order valence-corrected chi connectivity index (χ3v) is 3.12. The Hall–Kier alpha value is -1.74. The summed E-state index contributed by atoms with van der Waals surface area (Å²) in [5, 5.41) is 4.42. The second kappa shape index (κ2) is 5.74. The first-order chi connectivity index (χ1) is 8.81. The van der Waals surface area contributed by atoms with E-state index < -0.39 is 0 Å². The molecule has 0 radical (unpaired) electrons. The van der Waals surface area contributed by atoms with Crippen LogP contribution in [-0.2, 0) is 6.42 Å². The zero-order chi connectivity index (χ0) is 13.0. The Morgan fingerprint density at radius 3 is 2.89 bits per heavy atom. The summed E-state index contributed by atoms with van der Waals surface area (Å²) in [5.74, 6) is 0.918. The Balaban J connectivity index is 2.51. The van der Waals surface area contributed by atoms with Crippen molar-refractivity contribution in [2.24, 2.45) is 0 Å². The first-order valence-corrected chi connectivity index (χ1v) is 6.26. The van der Waals surface area contributed by atoms with E-state index in [-0.39, 0.29) is 0 Å². The Labute approximate surface area is 108 Å². The summed E-state index contributed by atoms with van der Waals surface area (Å²) >= 11 is 0. The van der Waals surface area contributed by atoms with Crippen LogP contribution in [0.15, 0.2) is 24.4 Å². The number of rotatable bonds is 5. The zero-order valence-electron chi connectivity index (χ0n) is 11.2. The monoisotopic (exact) mass is 244 g/mol. The normalized spacial score (nSPS) is 11.5. The number of hydrogen-bond acceptors (Lipinski definition) is 2. The quantitative estimate of drug-likeness (QED) is 0.848. The van der Waals surface area contributed by atoms with Crippen LogP contribution in [0, 0.1) is 0 Å². The van der Waals surface area contributed by atoms with E-state index in [9.17, 15) is 0 Å². The molecule has 1 aromatic carbocycles. The Bertz CT molecular complexity index is 555. The Kier molecular flexibility index (Phi) is 4.05. The highest BCUT2D eigenvalue weighted by atomic mass is 16.5. The molecule has 3 nitrogen and oxygen atoms in total. The van der Waals surface area contributed by atoms with Gasteiger partial charge in [-0.15, -0.1) is 0 Å². The molecular weight excluding hydrogens is 224 g/mol. The van der Waals surface area contributed by atoms with Gasteiger partial charge in [0.15, 0.2) is 0 Å². The molecule has 0 aliphatic rings. The summed E-state index contributed by atoms with van der Waals surface area (Å²) < 4.78 is 5.53. The summed E-state index contributed by atoms with van der Waals surface area (Å²) in [7, 11) is 3.69. The number of likely N-dealkylation sites (N-methyl/N-ethyl adjacent to an activating group) is 1. The number of fused-ring (bicyclic) bond motifs is 1. The predicted octanol–water partition coefficient (Wildman–Crippen LogP) is 2.97. The van der Waals surface area contributed by atoms with Gasteiger partial charge in [0.25, 0.3) is 0 Å². The molecule has 2 aromatic rings. The number of aromatic nitrogens is 1. The largest absolute Gasteiger partial charge is 0.494 e. The van der Waals surface area contributed by atoms with Gasteiger partial charge >= 0.3 is 0 Å². The average molecular weight is 244 g/mol. The van der Waals surface area contributed by atoms with Crippen molar-refractivity contribution in [2.75, 3.05) is 20.7 Å². The first kappa shape index (κ1) is 12.7. The molecular formula is C15H20N2O. The van der Waals surface area contributed by atoms with Gasteiger partial charge in [0.2, 0.25) is 0 Å². The molecule has 0 fully saturated rings. The molecule has 0 aliphatic carbocycles. The summed E-state index contributed by atoms with van der Waals surface area (Å²) in [6.07, 6.45) is 7.17. The zero-order valence-corrected chi connectivity index (χ0v) is 11.2. The third kappa shape index (κ3) is 2.27. The second-order valence-electron chi connectivity index (χ2n) is 4.28. The number of aromatic amines is 1. The molecule has 0 atom stereocenters. The number of benzene rings is 1. The van der Waals surface area contributed by atoms with E-state index in [0.717, 1.165) is 29.8 Å². The van der Waals surface area contributed by atoms with Crippen molar-refractivity contribution in [3.63, 3.8) is 0 Å². The van der Waals surface area contributed by atoms with Crippen LogP contribution in [0.1, 0.15) is 18.1 Å². The van der Waals surface area contributed by atoms with Gasteiger partial charge in [0.1, 0.15) is 5.75 Å². The maximum Gasteiger partial charge on any atom is 0.150 e. The van der Waals surface area contributed by atoms with Gasteiger partial charge in [-0.05, 0) is 32.5 Å². The maximum atomic E-state index is 5.53. The van der Waals surface area contributed by atoms with Gasteiger partial charge in [0.05, 0.1) is 12.6 Å². The van der Waals surface area contributed by atoms with Crippen LogP contribution in [0.4, 0.5) is 0 Å². The lowest BCUT2D eigenvalue weighted by Gasteiger charge is -2.07. The molecule has 96 valence electrons. The van der Waals surface area contributed by atoms with Crippen molar-refractivity contribution in [1.82, 2.24) is 10.3 Å². The molecule has 2 rings (SSSR count). The molecule has 0 unspecified atom stereocenters. The fourth-order valence-electron chi connectivity index (χ4n) is 2.24. The highest BCUT2D eigenvalue weighted by Crippen LogP contribution is 2.31. The van der Waals surface area contributed by atoms with Crippen molar-refractivity contribution in [3.8, 4) is 5.75 Å². The fourth-order valence-corrected chi connectivity index (χ4v) is 2.24. The Morgan fingerprint density at radius 2 is 2.22 bits per heavy atom. The molecule has 0 saturated carbocycles. The van der Waals surface area contributed by atoms with Gasteiger partial charge < -0.3 is 15.0 Å². The Morgan fingerprint density at radius 1 is 1.39 bits per heavy atom. The molecule has 3 heteroatoms. The highest BCUT2D eigenvalue weighted by molar-refractivity contribution is 5.91. The number of H-pyrrole nitrogens is 1. The van der Waals surface area contributed by atoms with Crippen LogP contribution >= 0.6 is 0 Å². The number of allylic oxidation sites excluding steroid dienone is 1. The third-order valence-electron chi connectivity index (χ3n) is 3.12. The van der Waals surface area contributed by atoms with E-state index >= 15 is 0 Å². The second-order valence-corrected chi connectivity index (χ2v) is 4.28.